The minimum atomic E-state index is 0.152. The van der Waals surface area contributed by atoms with Gasteiger partial charge in [0.15, 0.2) is 0 Å². The van der Waals surface area contributed by atoms with Crippen molar-refractivity contribution in [3.05, 3.63) is 0 Å². The van der Waals surface area contributed by atoms with Gasteiger partial charge in [-0.1, -0.05) is 6.92 Å². The van der Waals surface area contributed by atoms with E-state index in [1.165, 1.54) is 31.4 Å². The monoisotopic (exact) mass is 358 g/mol. The van der Waals surface area contributed by atoms with Gasteiger partial charge in [0.25, 0.3) is 5.91 Å². The van der Waals surface area contributed by atoms with E-state index in [4.69, 9.17) is 4.74 Å². The normalized spacial score (nSPS) is 34.7. The van der Waals surface area contributed by atoms with E-state index >= 15 is 0 Å². The van der Waals surface area contributed by atoms with E-state index in [2.05, 4.69) is 12.2 Å². The van der Waals surface area contributed by atoms with Crippen LogP contribution in [0.4, 0.5) is 0 Å². The number of hydrogen-bond donors (Lipinski definition) is 1. The van der Waals surface area contributed by atoms with Gasteiger partial charge in [0.05, 0.1) is 6.10 Å². The Morgan fingerprint density at radius 3 is 2.65 bits per heavy atom. The van der Waals surface area contributed by atoms with Crippen molar-refractivity contribution in [1.29, 1.82) is 0 Å². The van der Waals surface area contributed by atoms with Crippen LogP contribution in [0, 0.1) is 5.92 Å². The Morgan fingerprint density at radius 2 is 2.00 bits per heavy atom. The second-order valence-electron chi connectivity index (χ2n) is 7.05. The fourth-order valence-electron chi connectivity index (χ4n) is 3.62. The number of hydrogen-bond acceptors (Lipinski definition) is 5. The van der Waals surface area contributed by atoms with Crippen molar-refractivity contribution >= 4 is 29.4 Å². The van der Waals surface area contributed by atoms with Crippen molar-refractivity contribution in [2.45, 2.75) is 62.3 Å². The third-order valence-corrected chi connectivity index (χ3v) is 7.69. The van der Waals surface area contributed by atoms with E-state index in [0.717, 1.165) is 37.6 Å². The van der Waals surface area contributed by atoms with Crippen LogP contribution in [0.3, 0.4) is 0 Å². The SMILES string of the molecule is CC1CCC(OCC(=O)N(CC2CCCS2)C2NCCS2)CC1. The second-order valence-corrected chi connectivity index (χ2v) is 9.65. The maximum Gasteiger partial charge on any atom is 0.250 e. The molecule has 0 aromatic rings. The summed E-state index contributed by atoms with van der Waals surface area (Å²) in [6, 6.07) is 0. The number of nitrogens with zero attached hydrogens (tertiary/aromatic N) is 1. The van der Waals surface area contributed by atoms with Gasteiger partial charge >= 0.3 is 0 Å². The Morgan fingerprint density at radius 1 is 1.17 bits per heavy atom. The van der Waals surface area contributed by atoms with Gasteiger partial charge in [-0.25, -0.2) is 0 Å². The van der Waals surface area contributed by atoms with Crippen LogP contribution in [0.2, 0.25) is 0 Å². The van der Waals surface area contributed by atoms with E-state index in [0.29, 0.717) is 11.4 Å². The lowest BCUT2D eigenvalue weighted by Crippen LogP contribution is -2.48. The Kier molecular flexibility index (Phi) is 6.98. The minimum Gasteiger partial charge on any atom is -0.368 e. The van der Waals surface area contributed by atoms with Crippen molar-refractivity contribution in [1.82, 2.24) is 10.2 Å². The molecule has 3 aliphatic rings. The molecule has 1 aliphatic carbocycles. The Balaban J connectivity index is 1.49. The van der Waals surface area contributed by atoms with Crippen LogP contribution in [0.5, 0.6) is 0 Å². The number of rotatable bonds is 6. The number of carbonyl (C=O) groups is 1. The highest BCUT2D eigenvalue weighted by atomic mass is 32.2. The maximum atomic E-state index is 12.8. The highest BCUT2D eigenvalue weighted by molar-refractivity contribution is 8.00. The van der Waals surface area contributed by atoms with E-state index in [9.17, 15) is 4.79 Å². The number of thioether (sulfide) groups is 2. The smallest absolute Gasteiger partial charge is 0.250 e. The fraction of sp³-hybridized carbons (Fsp3) is 0.941. The minimum absolute atomic E-state index is 0.152. The summed E-state index contributed by atoms with van der Waals surface area (Å²) >= 11 is 3.87. The zero-order chi connectivity index (χ0) is 16.1. The van der Waals surface area contributed by atoms with Gasteiger partial charge in [0.2, 0.25) is 0 Å². The summed E-state index contributed by atoms with van der Waals surface area (Å²) in [5, 5.41) is 4.07. The number of ether oxygens (including phenoxy) is 1. The second kappa shape index (κ2) is 8.97. The molecule has 0 spiro atoms. The average Bonchev–Trinajstić information content (AvgIpc) is 3.25. The molecule has 2 atom stereocenters. The van der Waals surface area contributed by atoms with E-state index < -0.39 is 0 Å². The first-order valence-corrected chi connectivity index (χ1v) is 11.2. The first-order valence-electron chi connectivity index (χ1n) is 9.10. The highest BCUT2D eigenvalue weighted by Gasteiger charge is 2.31. The molecular weight excluding hydrogens is 328 g/mol. The molecule has 0 aromatic carbocycles. The van der Waals surface area contributed by atoms with Crippen molar-refractivity contribution < 1.29 is 9.53 Å². The molecule has 2 heterocycles. The molecule has 3 rings (SSSR count). The molecule has 0 bridgehead atoms. The predicted molar refractivity (Wildman–Crippen MR) is 98.8 cm³/mol. The number of amides is 1. The lowest BCUT2D eigenvalue weighted by molar-refractivity contribution is -0.140. The van der Waals surface area contributed by atoms with Gasteiger partial charge in [-0.15, -0.1) is 11.8 Å². The van der Waals surface area contributed by atoms with Crippen LogP contribution in [0.25, 0.3) is 0 Å². The van der Waals surface area contributed by atoms with Crippen molar-refractivity contribution in [3.8, 4) is 0 Å². The van der Waals surface area contributed by atoms with Gasteiger partial charge in [0, 0.05) is 24.1 Å². The third-order valence-electron chi connectivity index (χ3n) is 5.13. The van der Waals surface area contributed by atoms with Crippen molar-refractivity contribution in [2.75, 3.05) is 31.2 Å². The lowest BCUT2D eigenvalue weighted by atomic mass is 9.89. The molecule has 132 valence electrons. The molecule has 3 fully saturated rings. The van der Waals surface area contributed by atoms with Crippen LogP contribution in [0.15, 0.2) is 0 Å². The zero-order valence-electron chi connectivity index (χ0n) is 14.2. The first kappa shape index (κ1) is 17.9. The molecule has 2 aliphatic heterocycles. The summed E-state index contributed by atoms with van der Waals surface area (Å²) in [5.41, 5.74) is 0.152. The largest absolute Gasteiger partial charge is 0.368 e. The molecule has 4 nitrogen and oxygen atoms in total. The zero-order valence-corrected chi connectivity index (χ0v) is 15.8. The summed E-state index contributed by atoms with van der Waals surface area (Å²) in [7, 11) is 0. The number of carbonyl (C=O) groups excluding carboxylic acids is 1. The Bertz CT molecular complexity index is 377. The van der Waals surface area contributed by atoms with Gasteiger partial charge in [-0.05, 0) is 50.2 Å². The summed E-state index contributed by atoms with van der Waals surface area (Å²) in [6.45, 7) is 4.44. The molecule has 2 saturated heterocycles. The van der Waals surface area contributed by atoms with Gasteiger partial charge < -0.3 is 9.64 Å². The standard InChI is InChI=1S/C17H30N2O2S2/c1-13-4-6-14(7-5-13)21-12-16(20)19(17-18-8-10-23-17)11-15-3-2-9-22-15/h13-15,17-18H,2-12H2,1H3. The van der Waals surface area contributed by atoms with Gasteiger partial charge in [-0.3, -0.25) is 10.1 Å². The molecule has 1 amide bonds. The quantitative estimate of drug-likeness (QED) is 0.791. The Hall–Kier alpha value is 0.0900. The summed E-state index contributed by atoms with van der Waals surface area (Å²) in [6.07, 6.45) is 7.53. The van der Waals surface area contributed by atoms with Crippen molar-refractivity contribution in [3.63, 3.8) is 0 Å². The molecule has 1 N–H and O–H groups in total. The predicted octanol–water partition coefficient (Wildman–Crippen LogP) is 2.93. The van der Waals surface area contributed by atoms with Crippen LogP contribution < -0.4 is 5.32 Å². The molecular formula is C17H30N2O2S2. The summed E-state index contributed by atoms with van der Waals surface area (Å²) in [5.74, 6) is 3.33. The van der Waals surface area contributed by atoms with Crippen LogP contribution in [0.1, 0.15) is 45.4 Å². The van der Waals surface area contributed by atoms with Gasteiger partial charge in [-0.2, -0.15) is 11.8 Å². The highest BCUT2D eigenvalue weighted by Crippen LogP contribution is 2.29. The third kappa shape index (κ3) is 5.28. The maximum absolute atomic E-state index is 12.8. The van der Waals surface area contributed by atoms with Crippen molar-refractivity contribution in [2.24, 2.45) is 5.92 Å². The van der Waals surface area contributed by atoms with Crippen LogP contribution >= 0.6 is 23.5 Å². The van der Waals surface area contributed by atoms with Crippen LogP contribution in [-0.4, -0.2) is 58.9 Å². The molecule has 2 unspecified atom stereocenters. The number of nitrogens with one attached hydrogen (secondary N) is 1. The molecule has 1 saturated carbocycles. The molecule has 6 heteroatoms. The van der Waals surface area contributed by atoms with Crippen LogP contribution in [-0.2, 0) is 9.53 Å². The lowest BCUT2D eigenvalue weighted by Gasteiger charge is -2.32. The van der Waals surface area contributed by atoms with E-state index in [1.807, 2.05) is 28.4 Å². The summed E-state index contributed by atoms with van der Waals surface area (Å²) < 4.78 is 5.96. The first-order chi connectivity index (χ1) is 11.2. The topological polar surface area (TPSA) is 41.6 Å². The molecule has 23 heavy (non-hydrogen) atoms. The van der Waals surface area contributed by atoms with E-state index in [-0.39, 0.29) is 18.0 Å². The molecule has 0 radical (unpaired) electrons. The summed E-state index contributed by atoms with van der Waals surface area (Å²) in [4.78, 5) is 14.8. The average molecular weight is 359 g/mol. The van der Waals surface area contributed by atoms with E-state index in [1.54, 1.807) is 0 Å². The fourth-order valence-corrected chi connectivity index (χ4v) is 5.96. The molecule has 0 aromatic heterocycles. The van der Waals surface area contributed by atoms with Gasteiger partial charge in [0.1, 0.15) is 12.1 Å². The Labute approximate surface area is 148 Å².